The molecule has 0 aromatic heterocycles. The minimum Gasteiger partial charge on any atom is -0.326 e. The van der Waals surface area contributed by atoms with Crippen LogP contribution in [0.2, 0.25) is 5.02 Å². The Hall–Kier alpha value is -1.91. The van der Waals surface area contributed by atoms with E-state index in [0.29, 0.717) is 17.1 Å². The quantitative estimate of drug-likeness (QED) is 0.836. The van der Waals surface area contributed by atoms with E-state index in [4.69, 9.17) is 11.6 Å². The van der Waals surface area contributed by atoms with Crippen LogP contribution in [0.3, 0.4) is 0 Å². The fraction of sp³-hybridized carbons (Fsp3) is 0.278. The van der Waals surface area contributed by atoms with E-state index < -0.39 is 0 Å². The van der Waals surface area contributed by atoms with Crippen LogP contribution in [0.4, 0.5) is 10.1 Å². The average Bonchev–Trinajstić information content (AvgIpc) is 2.51. The van der Waals surface area contributed by atoms with Gasteiger partial charge in [0.25, 0.3) is 5.91 Å². The van der Waals surface area contributed by atoms with Crippen molar-refractivity contribution in [1.29, 1.82) is 0 Å². The molecular weight excluding hydrogens is 315 g/mol. The summed E-state index contributed by atoms with van der Waals surface area (Å²) in [5.74, 6) is -0.440. The van der Waals surface area contributed by atoms with Crippen molar-refractivity contribution in [3.05, 3.63) is 64.4 Å². The van der Waals surface area contributed by atoms with E-state index in [-0.39, 0.29) is 18.3 Å². The molecule has 2 aromatic rings. The van der Waals surface area contributed by atoms with Crippen LogP contribution in [-0.4, -0.2) is 19.5 Å². The molecule has 0 heterocycles. The fourth-order valence-corrected chi connectivity index (χ4v) is 2.71. The van der Waals surface area contributed by atoms with E-state index >= 15 is 0 Å². The van der Waals surface area contributed by atoms with Crippen LogP contribution < -0.4 is 10.2 Å². The Balaban J connectivity index is 1.97. The highest BCUT2D eigenvalue weighted by molar-refractivity contribution is 6.31. The molecule has 2 rings (SSSR count). The van der Waals surface area contributed by atoms with Crippen LogP contribution in [0.1, 0.15) is 18.1 Å². The second-order valence-corrected chi connectivity index (χ2v) is 5.98. The van der Waals surface area contributed by atoms with Crippen LogP contribution in [0.15, 0.2) is 42.5 Å². The fourth-order valence-electron chi connectivity index (χ4n) is 2.48. The van der Waals surface area contributed by atoms with Gasteiger partial charge in [0.15, 0.2) is 6.54 Å². The molecule has 0 aliphatic carbocycles. The maximum Gasteiger partial charge on any atom is 0.279 e. The number of likely N-dealkylation sites (N-methyl/N-ethyl adjacent to an activating group) is 1. The first-order valence-corrected chi connectivity index (χ1v) is 8.01. The van der Waals surface area contributed by atoms with E-state index in [0.717, 1.165) is 22.6 Å². The molecule has 0 aliphatic rings. The molecule has 2 N–H and O–H groups in total. The van der Waals surface area contributed by atoms with Gasteiger partial charge < -0.3 is 10.2 Å². The summed E-state index contributed by atoms with van der Waals surface area (Å²) in [6.45, 7) is 2.64. The summed E-state index contributed by atoms with van der Waals surface area (Å²) in [6.07, 6.45) is 0.851. The third-order valence-corrected chi connectivity index (χ3v) is 4.03. The van der Waals surface area contributed by atoms with Gasteiger partial charge in [-0.2, -0.15) is 0 Å². The maximum absolute atomic E-state index is 13.8. The number of benzene rings is 2. The lowest BCUT2D eigenvalue weighted by Gasteiger charge is -2.16. The summed E-state index contributed by atoms with van der Waals surface area (Å²) in [5, 5.41) is 3.31. The largest absolute Gasteiger partial charge is 0.326 e. The summed E-state index contributed by atoms with van der Waals surface area (Å²) in [5.41, 5.74) is 2.36. The number of nitrogens with one attached hydrogen (secondary N) is 2. The zero-order valence-corrected chi connectivity index (χ0v) is 14.1. The summed E-state index contributed by atoms with van der Waals surface area (Å²) < 4.78 is 13.8. The zero-order chi connectivity index (χ0) is 16.8. The number of hydrogen-bond donors (Lipinski definition) is 2. The molecule has 5 heteroatoms. The first-order valence-electron chi connectivity index (χ1n) is 7.63. The van der Waals surface area contributed by atoms with Gasteiger partial charge in [-0.25, -0.2) is 4.39 Å². The van der Waals surface area contributed by atoms with Crippen molar-refractivity contribution in [2.45, 2.75) is 19.9 Å². The highest BCUT2D eigenvalue weighted by Crippen LogP contribution is 2.17. The lowest BCUT2D eigenvalue weighted by atomic mass is 10.1. The summed E-state index contributed by atoms with van der Waals surface area (Å²) in [4.78, 5) is 13.1. The van der Waals surface area contributed by atoms with Gasteiger partial charge in [-0.3, -0.25) is 4.79 Å². The molecule has 0 aliphatic heterocycles. The van der Waals surface area contributed by atoms with Crippen molar-refractivity contribution in [3.8, 4) is 0 Å². The second kappa shape index (κ2) is 8.09. The predicted molar refractivity (Wildman–Crippen MR) is 91.3 cm³/mol. The number of anilines is 1. The van der Waals surface area contributed by atoms with Gasteiger partial charge in [0.1, 0.15) is 12.4 Å². The molecule has 0 bridgehead atoms. The van der Waals surface area contributed by atoms with E-state index in [1.165, 1.54) is 6.07 Å². The molecule has 0 saturated carbocycles. The Morgan fingerprint density at radius 1 is 1.22 bits per heavy atom. The normalized spacial score (nSPS) is 12.0. The van der Waals surface area contributed by atoms with Crippen LogP contribution in [0.5, 0.6) is 0 Å². The van der Waals surface area contributed by atoms with Crippen molar-refractivity contribution < 1.29 is 14.1 Å². The Morgan fingerprint density at radius 2 is 1.96 bits per heavy atom. The monoisotopic (exact) mass is 335 g/mol. The molecule has 1 unspecified atom stereocenters. The van der Waals surface area contributed by atoms with Crippen molar-refractivity contribution in [2.75, 3.05) is 18.9 Å². The van der Waals surface area contributed by atoms with Gasteiger partial charge in [-0.05, 0) is 30.2 Å². The van der Waals surface area contributed by atoms with Crippen molar-refractivity contribution in [1.82, 2.24) is 0 Å². The summed E-state index contributed by atoms with van der Waals surface area (Å²) >= 11 is 6.03. The molecular formula is C18H21ClFN2O+. The van der Waals surface area contributed by atoms with Crippen molar-refractivity contribution in [2.24, 2.45) is 0 Å². The van der Waals surface area contributed by atoms with Gasteiger partial charge in [-0.15, -0.1) is 0 Å². The lowest BCUT2D eigenvalue weighted by molar-refractivity contribution is -0.885. The molecule has 2 aromatic carbocycles. The van der Waals surface area contributed by atoms with Crippen molar-refractivity contribution in [3.63, 3.8) is 0 Å². The van der Waals surface area contributed by atoms with Gasteiger partial charge in [0, 0.05) is 5.69 Å². The molecule has 0 spiro atoms. The Morgan fingerprint density at radius 3 is 2.65 bits per heavy atom. The van der Waals surface area contributed by atoms with Crippen LogP contribution in [0.25, 0.3) is 0 Å². The number of aryl methyl sites for hydroxylation is 1. The standard InChI is InChI=1S/C18H20ClFN2O/c1-3-13-7-4-5-10-17(13)21-18(23)12-22(2)11-14-15(19)8-6-9-16(14)20/h4-10H,3,11-12H2,1-2H3,(H,21,23)/p+1. The molecule has 122 valence electrons. The number of carbonyl (C=O) groups excluding carboxylic acids is 1. The van der Waals surface area contributed by atoms with Crippen molar-refractivity contribution >= 4 is 23.2 Å². The second-order valence-electron chi connectivity index (χ2n) is 5.57. The van der Waals surface area contributed by atoms with E-state index in [2.05, 4.69) is 5.32 Å². The summed E-state index contributed by atoms with van der Waals surface area (Å²) in [6, 6.07) is 12.3. The van der Waals surface area contributed by atoms with Gasteiger partial charge in [0.05, 0.1) is 17.6 Å². The third kappa shape index (κ3) is 4.78. The first-order chi connectivity index (χ1) is 11.0. The van der Waals surface area contributed by atoms with Gasteiger partial charge in [-0.1, -0.05) is 42.8 Å². The van der Waals surface area contributed by atoms with Crippen LogP contribution in [-0.2, 0) is 17.8 Å². The molecule has 1 amide bonds. The highest BCUT2D eigenvalue weighted by atomic mass is 35.5. The number of halogens is 2. The molecule has 0 radical (unpaired) electrons. The number of para-hydroxylation sites is 1. The lowest BCUT2D eigenvalue weighted by Crippen LogP contribution is -3.08. The summed E-state index contributed by atoms with van der Waals surface area (Å²) in [7, 11) is 1.84. The number of carbonyl (C=O) groups is 1. The van der Waals surface area contributed by atoms with Gasteiger partial charge >= 0.3 is 0 Å². The van der Waals surface area contributed by atoms with Crippen LogP contribution >= 0.6 is 11.6 Å². The van der Waals surface area contributed by atoms with E-state index in [1.807, 2.05) is 38.2 Å². The minimum atomic E-state index is -0.339. The number of rotatable bonds is 6. The number of amides is 1. The Labute approximate surface area is 141 Å². The molecule has 1 atom stereocenters. The van der Waals surface area contributed by atoms with E-state index in [9.17, 15) is 9.18 Å². The highest BCUT2D eigenvalue weighted by Gasteiger charge is 2.16. The Kier molecular flexibility index (Phi) is 6.13. The third-order valence-electron chi connectivity index (χ3n) is 3.67. The smallest absolute Gasteiger partial charge is 0.279 e. The molecule has 3 nitrogen and oxygen atoms in total. The number of hydrogen-bond acceptors (Lipinski definition) is 1. The zero-order valence-electron chi connectivity index (χ0n) is 13.3. The molecule has 0 fully saturated rings. The predicted octanol–water partition coefficient (Wildman–Crippen LogP) is 2.69. The first kappa shape index (κ1) is 17.4. The minimum absolute atomic E-state index is 0.101. The molecule has 23 heavy (non-hydrogen) atoms. The maximum atomic E-state index is 13.8. The van der Waals surface area contributed by atoms with Crippen LogP contribution in [0, 0.1) is 5.82 Å². The topological polar surface area (TPSA) is 33.5 Å². The molecule has 0 saturated heterocycles. The Bertz CT molecular complexity index is 670. The SMILES string of the molecule is CCc1ccccc1NC(=O)C[NH+](C)Cc1c(F)cccc1Cl. The number of quaternary nitrogens is 1. The van der Waals surface area contributed by atoms with E-state index in [1.54, 1.807) is 12.1 Å². The average molecular weight is 336 g/mol. The van der Waals surface area contributed by atoms with Gasteiger partial charge in [0.2, 0.25) is 0 Å².